The van der Waals surface area contributed by atoms with Gasteiger partial charge in [0.05, 0.1) is 11.5 Å². The molecule has 0 atom stereocenters. The van der Waals surface area contributed by atoms with Crippen LogP contribution in [-0.4, -0.2) is 31.3 Å². The second-order valence-corrected chi connectivity index (χ2v) is 6.51. The predicted molar refractivity (Wildman–Crippen MR) is 85.9 cm³/mol. The minimum absolute atomic E-state index is 0.177. The van der Waals surface area contributed by atoms with E-state index in [1.54, 1.807) is 18.2 Å². The van der Waals surface area contributed by atoms with Crippen LogP contribution in [0, 0.1) is 0 Å². The molecule has 1 aromatic carbocycles. The zero-order valence-electron chi connectivity index (χ0n) is 12.8. The van der Waals surface area contributed by atoms with Crippen molar-refractivity contribution in [2.24, 2.45) is 0 Å². The number of nitrogens with zero attached hydrogens (tertiary/aromatic N) is 2. The molecule has 0 spiro atoms. The maximum atomic E-state index is 12.1. The second kappa shape index (κ2) is 7.89. The maximum absolute atomic E-state index is 12.1. The number of aromatic nitrogens is 2. The molecule has 8 heteroatoms. The lowest BCUT2D eigenvalue weighted by atomic mass is 10.3. The van der Waals surface area contributed by atoms with Crippen LogP contribution in [-0.2, 0) is 16.6 Å². The highest BCUT2D eigenvalue weighted by atomic mass is 32.2. The molecule has 2 rings (SSSR count). The van der Waals surface area contributed by atoms with Gasteiger partial charge in [0.1, 0.15) is 5.75 Å². The molecule has 0 saturated carbocycles. The molecular formula is C15H19N3O4S. The van der Waals surface area contributed by atoms with Crippen molar-refractivity contribution >= 4 is 10.0 Å². The summed E-state index contributed by atoms with van der Waals surface area (Å²) >= 11 is 0. The van der Waals surface area contributed by atoms with Crippen LogP contribution in [0.5, 0.6) is 5.75 Å². The number of hydrogen-bond acceptors (Lipinski definition) is 5. The normalized spacial score (nSPS) is 11.3. The summed E-state index contributed by atoms with van der Waals surface area (Å²) in [5.74, 6) is 0.626. The first kappa shape index (κ1) is 17.2. The van der Waals surface area contributed by atoms with Gasteiger partial charge in [-0.3, -0.25) is 4.79 Å². The number of nitrogens with one attached hydrogen (secondary N) is 1. The molecule has 0 saturated heterocycles. The molecular weight excluding hydrogens is 318 g/mol. The predicted octanol–water partition coefficient (Wildman–Crippen LogP) is 1.01. The van der Waals surface area contributed by atoms with Gasteiger partial charge in [-0.1, -0.05) is 0 Å². The summed E-state index contributed by atoms with van der Waals surface area (Å²) in [6, 6.07) is 9.20. The Kier molecular flexibility index (Phi) is 5.89. The van der Waals surface area contributed by atoms with Crippen LogP contribution in [0.4, 0.5) is 0 Å². The standard InChI is InChI=1S/C15H19N3O4S/c1-2-22-13-6-8-14(9-7-13)23(20,21)17-11-4-12-18-15(19)5-3-10-16-18/h3,5-10,17H,2,4,11-12H2,1H3. The molecule has 0 bridgehead atoms. The molecule has 1 heterocycles. The Balaban J connectivity index is 1.89. The Bertz CT molecular complexity index is 785. The van der Waals surface area contributed by atoms with Crippen molar-refractivity contribution < 1.29 is 13.2 Å². The van der Waals surface area contributed by atoms with E-state index in [4.69, 9.17) is 4.74 Å². The van der Waals surface area contributed by atoms with Crippen LogP contribution in [0.15, 0.2) is 52.3 Å². The molecule has 1 aromatic heterocycles. The quantitative estimate of drug-likeness (QED) is 0.726. The van der Waals surface area contributed by atoms with Gasteiger partial charge < -0.3 is 4.74 Å². The Labute approximate surface area is 135 Å². The van der Waals surface area contributed by atoms with Gasteiger partial charge >= 0.3 is 0 Å². The second-order valence-electron chi connectivity index (χ2n) is 4.74. The molecule has 0 unspecified atom stereocenters. The van der Waals surface area contributed by atoms with E-state index in [0.717, 1.165) is 0 Å². The third-order valence-electron chi connectivity index (χ3n) is 3.07. The highest BCUT2D eigenvalue weighted by Crippen LogP contribution is 2.15. The summed E-state index contributed by atoms with van der Waals surface area (Å²) in [7, 11) is -3.57. The number of rotatable bonds is 8. The summed E-state index contributed by atoms with van der Waals surface area (Å²) in [6.45, 7) is 2.96. The lowest BCUT2D eigenvalue weighted by molar-refractivity contribution is 0.340. The van der Waals surface area contributed by atoms with Crippen molar-refractivity contribution in [1.82, 2.24) is 14.5 Å². The minimum atomic E-state index is -3.57. The highest BCUT2D eigenvalue weighted by Gasteiger charge is 2.13. The molecule has 7 nitrogen and oxygen atoms in total. The molecule has 124 valence electrons. The summed E-state index contributed by atoms with van der Waals surface area (Å²) in [4.78, 5) is 11.6. The van der Waals surface area contributed by atoms with Gasteiger partial charge in [-0.15, -0.1) is 0 Å². The minimum Gasteiger partial charge on any atom is -0.494 e. The molecule has 0 fully saturated rings. The maximum Gasteiger partial charge on any atom is 0.266 e. The number of sulfonamides is 1. The molecule has 1 N–H and O–H groups in total. The Morgan fingerprint density at radius 1 is 1.22 bits per heavy atom. The van der Waals surface area contributed by atoms with Crippen molar-refractivity contribution in [3.8, 4) is 5.75 Å². The van der Waals surface area contributed by atoms with Gasteiger partial charge in [0.15, 0.2) is 0 Å². The average molecular weight is 337 g/mol. The van der Waals surface area contributed by atoms with E-state index in [9.17, 15) is 13.2 Å². The van der Waals surface area contributed by atoms with Crippen LogP contribution in [0.3, 0.4) is 0 Å². The van der Waals surface area contributed by atoms with Crippen LogP contribution < -0.4 is 15.0 Å². The van der Waals surface area contributed by atoms with Gasteiger partial charge in [-0.2, -0.15) is 5.10 Å². The fraction of sp³-hybridized carbons (Fsp3) is 0.333. The summed E-state index contributed by atoms with van der Waals surface area (Å²) in [5.41, 5.74) is -0.207. The zero-order valence-corrected chi connectivity index (χ0v) is 13.6. The van der Waals surface area contributed by atoms with Gasteiger partial charge in [0, 0.05) is 25.4 Å². The molecule has 0 aliphatic heterocycles. The Hall–Kier alpha value is -2.19. The van der Waals surface area contributed by atoms with Crippen molar-refractivity contribution in [1.29, 1.82) is 0 Å². The van der Waals surface area contributed by atoms with Gasteiger partial charge in [0.2, 0.25) is 10.0 Å². The molecule has 0 amide bonds. The highest BCUT2D eigenvalue weighted by molar-refractivity contribution is 7.89. The first-order chi connectivity index (χ1) is 11.0. The summed E-state index contributed by atoms with van der Waals surface area (Å²) in [5, 5.41) is 3.91. The third-order valence-corrected chi connectivity index (χ3v) is 4.55. The Morgan fingerprint density at radius 3 is 2.61 bits per heavy atom. The number of aryl methyl sites for hydroxylation is 1. The monoisotopic (exact) mass is 337 g/mol. The lowest BCUT2D eigenvalue weighted by Crippen LogP contribution is -2.27. The molecule has 23 heavy (non-hydrogen) atoms. The molecule has 2 aromatic rings. The first-order valence-corrected chi connectivity index (χ1v) is 8.76. The number of hydrogen-bond donors (Lipinski definition) is 1. The summed E-state index contributed by atoms with van der Waals surface area (Å²) < 4.78 is 33.4. The smallest absolute Gasteiger partial charge is 0.266 e. The van der Waals surface area contributed by atoms with Crippen LogP contribution >= 0.6 is 0 Å². The van der Waals surface area contributed by atoms with E-state index < -0.39 is 10.0 Å². The fourth-order valence-electron chi connectivity index (χ4n) is 1.96. The largest absolute Gasteiger partial charge is 0.494 e. The third kappa shape index (κ3) is 4.90. The van der Waals surface area contributed by atoms with E-state index in [1.807, 2.05) is 6.92 Å². The van der Waals surface area contributed by atoms with E-state index in [0.29, 0.717) is 25.3 Å². The van der Waals surface area contributed by atoms with Crippen molar-refractivity contribution in [2.75, 3.05) is 13.2 Å². The van der Waals surface area contributed by atoms with Crippen molar-refractivity contribution in [3.63, 3.8) is 0 Å². The summed E-state index contributed by atoms with van der Waals surface area (Å²) in [6.07, 6.45) is 1.98. The van der Waals surface area contributed by atoms with Crippen molar-refractivity contribution in [2.45, 2.75) is 24.8 Å². The van der Waals surface area contributed by atoms with Crippen LogP contribution in [0.1, 0.15) is 13.3 Å². The number of benzene rings is 1. The average Bonchev–Trinajstić information content (AvgIpc) is 2.54. The van der Waals surface area contributed by atoms with Crippen LogP contribution in [0.25, 0.3) is 0 Å². The van der Waals surface area contributed by atoms with Crippen molar-refractivity contribution in [3.05, 3.63) is 52.9 Å². The van der Waals surface area contributed by atoms with E-state index >= 15 is 0 Å². The molecule has 0 radical (unpaired) electrons. The fourth-order valence-corrected chi connectivity index (χ4v) is 3.03. The number of ether oxygens (including phenoxy) is 1. The first-order valence-electron chi connectivity index (χ1n) is 7.27. The topological polar surface area (TPSA) is 90.3 Å². The lowest BCUT2D eigenvalue weighted by Gasteiger charge is -2.08. The molecule has 0 aliphatic rings. The van der Waals surface area contributed by atoms with E-state index in [1.165, 1.54) is 29.1 Å². The van der Waals surface area contributed by atoms with Crippen LogP contribution in [0.2, 0.25) is 0 Å². The van der Waals surface area contributed by atoms with Gasteiger partial charge in [0.25, 0.3) is 5.56 Å². The van der Waals surface area contributed by atoms with Gasteiger partial charge in [-0.25, -0.2) is 17.8 Å². The molecule has 0 aliphatic carbocycles. The van der Waals surface area contributed by atoms with Gasteiger partial charge in [-0.05, 0) is 43.7 Å². The van der Waals surface area contributed by atoms with E-state index in [-0.39, 0.29) is 17.0 Å². The van der Waals surface area contributed by atoms with E-state index in [2.05, 4.69) is 9.82 Å². The Morgan fingerprint density at radius 2 is 1.96 bits per heavy atom. The zero-order chi connectivity index (χ0) is 16.7. The SMILES string of the molecule is CCOc1ccc(S(=O)(=O)NCCCn2ncccc2=O)cc1.